The number of carboxylic acid groups (broad SMARTS) is 1. The smallest absolute Gasteiger partial charge is 0.327 e. The van der Waals surface area contributed by atoms with E-state index in [9.17, 15) is 14.7 Å². The summed E-state index contributed by atoms with van der Waals surface area (Å²) in [5, 5.41) is 12.4. The van der Waals surface area contributed by atoms with Crippen molar-refractivity contribution >= 4 is 11.9 Å². The van der Waals surface area contributed by atoms with Crippen LogP contribution in [0.3, 0.4) is 0 Å². The van der Waals surface area contributed by atoms with Gasteiger partial charge in [-0.2, -0.15) is 5.48 Å². The normalized spacial score (nSPS) is 13.0. The van der Waals surface area contributed by atoms with Crippen LogP contribution >= 0.6 is 0 Å². The van der Waals surface area contributed by atoms with Crippen LogP contribution in [0.4, 0.5) is 0 Å². The lowest BCUT2D eigenvalue weighted by Gasteiger charge is -2.23. The van der Waals surface area contributed by atoms with Crippen molar-refractivity contribution in [2.45, 2.75) is 24.9 Å². The number of fused-ring (bicyclic) bond motifs is 3. The van der Waals surface area contributed by atoms with E-state index in [2.05, 4.69) is 63.7 Å². The number of imidazole rings is 1. The number of carboxylic acids is 1. The molecule has 1 aliphatic carbocycles. The molecule has 0 fully saturated rings. The van der Waals surface area contributed by atoms with Crippen molar-refractivity contribution in [1.82, 2.24) is 20.3 Å². The number of aliphatic carboxylic acids is 1. The number of hydroxylamine groups is 1. The Kier molecular flexibility index (Phi) is 8.26. The molecule has 204 valence electrons. The minimum Gasteiger partial charge on any atom is -0.480 e. The average Bonchev–Trinajstić information content (AvgIpc) is 3.54. The zero-order chi connectivity index (χ0) is 28.8. The highest BCUT2D eigenvalue weighted by Crippen LogP contribution is 2.44. The minimum absolute atomic E-state index is 0.0164. The van der Waals surface area contributed by atoms with Crippen molar-refractivity contribution in [3.05, 3.63) is 113 Å². The quantitative estimate of drug-likeness (QED) is 0.231. The maximum absolute atomic E-state index is 12.8. The summed E-state index contributed by atoms with van der Waals surface area (Å²) in [7, 11) is 1.85. The number of nitrogens with one attached hydrogen (secondary N) is 2. The largest absolute Gasteiger partial charge is 0.480 e. The molecule has 5 rings (SSSR count). The van der Waals surface area contributed by atoms with Crippen LogP contribution in [-0.4, -0.2) is 45.2 Å². The van der Waals surface area contributed by atoms with Crippen molar-refractivity contribution in [2.75, 3.05) is 6.61 Å². The molecule has 0 bridgehead atoms. The summed E-state index contributed by atoms with van der Waals surface area (Å²) in [6.07, 6.45) is 3.32. The molecule has 1 aromatic heterocycles. The second-order valence-electron chi connectivity index (χ2n) is 9.70. The van der Waals surface area contributed by atoms with Crippen molar-refractivity contribution in [3.63, 3.8) is 0 Å². The van der Waals surface area contributed by atoms with Gasteiger partial charge in [0.25, 0.3) is 5.91 Å². The molecule has 8 nitrogen and oxygen atoms in total. The van der Waals surface area contributed by atoms with Crippen molar-refractivity contribution in [2.24, 2.45) is 7.05 Å². The summed E-state index contributed by atoms with van der Waals surface area (Å²) in [5.41, 5.74) is 9.26. The molecule has 0 aliphatic heterocycles. The predicted molar refractivity (Wildman–Crippen MR) is 155 cm³/mol. The molecule has 41 heavy (non-hydrogen) atoms. The molecular formula is C33H28N4O4. The molecule has 3 aromatic carbocycles. The summed E-state index contributed by atoms with van der Waals surface area (Å²) in [6, 6.07) is 21.0. The maximum Gasteiger partial charge on any atom is 0.327 e. The monoisotopic (exact) mass is 544 g/mol. The van der Waals surface area contributed by atoms with Gasteiger partial charge in [0.15, 0.2) is 0 Å². The van der Waals surface area contributed by atoms with Crippen LogP contribution in [0.15, 0.2) is 85.3 Å². The maximum atomic E-state index is 12.8. The van der Waals surface area contributed by atoms with E-state index in [-0.39, 0.29) is 5.92 Å². The van der Waals surface area contributed by atoms with E-state index in [1.807, 2.05) is 31.3 Å². The third-order valence-electron chi connectivity index (χ3n) is 6.96. The van der Waals surface area contributed by atoms with Gasteiger partial charge in [-0.3, -0.25) is 4.79 Å². The van der Waals surface area contributed by atoms with Crippen LogP contribution in [-0.2, 0) is 16.7 Å². The summed E-state index contributed by atoms with van der Waals surface area (Å²) in [6.45, 7) is 1.97. The van der Waals surface area contributed by atoms with Gasteiger partial charge in [0.1, 0.15) is 11.7 Å². The van der Waals surface area contributed by atoms with E-state index < -0.39 is 24.0 Å². The van der Waals surface area contributed by atoms with E-state index in [4.69, 9.17) is 4.84 Å². The zero-order valence-corrected chi connectivity index (χ0v) is 22.6. The van der Waals surface area contributed by atoms with Gasteiger partial charge >= 0.3 is 5.97 Å². The summed E-state index contributed by atoms with van der Waals surface area (Å²) < 4.78 is 1.79. The number of hydrogen-bond acceptors (Lipinski definition) is 5. The number of aryl methyl sites for hydroxylation is 1. The minimum atomic E-state index is -1.22. The van der Waals surface area contributed by atoms with Crippen LogP contribution < -0.4 is 10.8 Å². The molecule has 1 aliphatic rings. The summed E-state index contributed by atoms with van der Waals surface area (Å²) >= 11 is 0. The fourth-order valence-corrected chi connectivity index (χ4v) is 4.78. The predicted octanol–water partition coefficient (Wildman–Crippen LogP) is 3.73. The zero-order valence-electron chi connectivity index (χ0n) is 22.6. The number of amides is 1. The first-order valence-corrected chi connectivity index (χ1v) is 13.1. The average molecular weight is 545 g/mol. The van der Waals surface area contributed by atoms with Gasteiger partial charge in [0.05, 0.1) is 25.2 Å². The number of hydrogen-bond donors (Lipinski definition) is 3. The van der Waals surface area contributed by atoms with Crippen LogP contribution in [0.2, 0.25) is 0 Å². The van der Waals surface area contributed by atoms with Gasteiger partial charge in [-0.1, -0.05) is 54.5 Å². The van der Waals surface area contributed by atoms with Gasteiger partial charge in [0, 0.05) is 24.1 Å². The SMILES string of the molecule is C[C@@H](NOCC1c2ccccc2-c2ccccc21)[C@H](NC(=O)c1ccc(C#CC#Cc2cncn2C)cc1)C(=O)O. The number of aromatic nitrogens is 2. The fourth-order valence-electron chi connectivity index (χ4n) is 4.78. The highest BCUT2D eigenvalue weighted by atomic mass is 16.6. The van der Waals surface area contributed by atoms with Crippen LogP contribution in [0.5, 0.6) is 0 Å². The Labute approximate surface area is 238 Å². The van der Waals surface area contributed by atoms with Gasteiger partial charge < -0.3 is 19.8 Å². The third-order valence-corrected chi connectivity index (χ3v) is 6.96. The van der Waals surface area contributed by atoms with Crippen LogP contribution in [0, 0.1) is 23.7 Å². The number of carbonyl (C=O) groups is 2. The number of rotatable bonds is 8. The lowest BCUT2D eigenvalue weighted by molar-refractivity contribution is -0.141. The van der Waals surface area contributed by atoms with Crippen molar-refractivity contribution in [1.29, 1.82) is 0 Å². The standard InChI is InChI=1S/C33H28N4O4/c1-22(36-41-20-30-28-13-7-5-11-26(28)27-12-6-8-14-29(27)30)31(33(39)40)35-32(38)24-17-15-23(16-18-24)9-3-4-10-25-19-34-21-37(25)2/h5-8,11-19,21-22,30-31,36H,20H2,1-2H3,(H,35,38)(H,39,40)/t22-,31+/m1/s1. The molecule has 2 atom stereocenters. The van der Waals surface area contributed by atoms with Crippen molar-refractivity contribution < 1.29 is 19.5 Å². The highest BCUT2D eigenvalue weighted by molar-refractivity contribution is 5.96. The molecule has 0 spiro atoms. The van der Waals surface area contributed by atoms with Gasteiger partial charge in [-0.05, 0) is 71.2 Å². The molecule has 4 aromatic rings. The first-order valence-electron chi connectivity index (χ1n) is 13.1. The molecule has 0 saturated heterocycles. The number of carbonyl (C=O) groups excluding carboxylic acids is 1. The van der Waals surface area contributed by atoms with Crippen LogP contribution in [0.1, 0.15) is 45.6 Å². The Bertz CT molecular complexity index is 1660. The second-order valence-corrected chi connectivity index (χ2v) is 9.70. The third kappa shape index (κ3) is 6.21. The molecule has 0 unspecified atom stereocenters. The molecule has 0 saturated carbocycles. The number of nitrogens with zero attached hydrogens (tertiary/aromatic N) is 2. The Morgan fingerprint density at radius 3 is 2.22 bits per heavy atom. The van der Waals surface area contributed by atoms with E-state index in [0.29, 0.717) is 17.7 Å². The van der Waals surface area contributed by atoms with Crippen molar-refractivity contribution in [3.8, 4) is 34.8 Å². The Morgan fingerprint density at radius 2 is 1.61 bits per heavy atom. The second kappa shape index (κ2) is 12.4. The molecule has 1 amide bonds. The van der Waals surface area contributed by atoms with Gasteiger partial charge in [-0.15, -0.1) is 0 Å². The van der Waals surface area contributed by atoms with Gasteiger partial charge in [0.2, 0.25) is 0 Å². The Morgan fingerprint density at radius 1 is 0.976 bits per heavy atom. The Hall–Kier alpha value is -5.15. The Balaban J connectivity index is 1.17. The first-order chi connectivity index (χ1) is 19.9. The van der Waals surface area contributed by atoms with E-state index in [0.717, 1.165) is 5.69 Å². The van der Waals surface area contributed by atoms with E-state index in [1.54, 1.807) is 48.3 Å². The lowest BCUT2D eigenvalue weighted by Crippen LogP contribution is -2.53. The van der Waals surface area contributed by atoms with E-state index in [1.165, 1.54) is 22.3 Å². The molecule has 3 N–H and O–H groups in total. The summed E-state index contributed by atoms with van der Waals surface area (Å²) in [4.78, 5) is 34.7. The van der Waals surface area contributed by atoms with E-state index >= 15 is 0 Å². The van der Waals surface area contributed by atoms with Crippen LogP contribution in [0.25, 0.3) is 11.1 Å². The fraction of sp³-hybridized carbons (Fsp3) is 0.182. The van der Waals surface area contributed by atoms with Gasteiger partial charge in [-0.25, -0.2) is 9.78 Å². The molecule has 8 heteroatoms. The topological polar surface area (TPSA) is 105 Å². The lowest BCUT2D eigenvalue weighted by atomic mass is 9.98. The molecular weight excluding hydrogens is 516 g/mol. The summed E-state index contributed by atoms with van der Waals surface area (Å²) in [5.74, 6) is 9.72. The first kappa shape index (κ1) is 27.4. The number of benzene rings is 3. The highest BCUT2D eigenvalue weighted by Gasteiger charge is 2.30. The molecule has 0 radical (unpaired) electrons. The molecule has 1 heterocycles.